The lowest BCUT2D eigenvalue weighted by Crippen LogP contribution is -1.98. The number of carbonyl (C=O) groups is 1. The molecule has 0 aliphatic carbocycles. The van der Waals surface area contributed by atoms with E-state index >= 15 is 0 Å². The molecule has 0 saturated heterocycles. The Labute approximate surface area is 76.3 Å². The van der Waals surface area contributed by atoms with Crippen LogP contribution in [-0.2, 0) is 0 Å². The summed E-state index contributed by atoms with van der Waals surface area (Å²) in [6.45, 7) is 2.39. The van der Waals surface area contributed by atoms with Crippen molar-refractivity contribution in [1.82, 2.24) is 0 Å². The van der Waals surface area contributed by atoms with Crippen molar-refractivity contribution in [2.24, 2.45) is 0 Å². The van der Waals surface area contributed by atoms with Gasteiger partial charge in [0.2, 0.25) is 0 Å². The monoisotopic (exact) mass is 182 g/mol. The van der Waals surface area contributed by atoms with Crippen molar-refractivity contribution in [2.45, 2.75) is 13.3 Å². The van der Waals surface area contributed by atoms with Crippen LogP contribution in [0.1, 0.15) is 23.7 Å². The summed E-state index contributed by atoms with van der Waals surface area (Å²) >= 11 is 0. The molecular formula is C10H11FO2. The first-order chi connectivity index (χ1) is 6.27. The third kappa shape index (κ3) is 2.54. The fourth-order valence-corrected chi connectivity index (χ4v) is 0.916. The summed E-state index contributed by atoms with van der Waals surface area (Å²) in [7, 11) is 0. The smallest absolute Gasteiger partial charge is 0.165 e. The zero-order valence-corrected chi connectivity index (χ0v) is 7.42. The van der Waals surface area contributed by atoms with Crippen LogP contribution in [0.5, 0.6) is 5.75 Å². The van der Waals surface area contributed by atoms with Gasteiger partial charge in [-0.1, -0.05) is 6.92 Å². The standard InChI is InChI=1S/C10H11FO2/c1-2-5-13-10-6-8(7-12)3-4-9(10)11/h3-4,6-7H,2,5H2,1H3. The molecule has 0 saturated carbocycles. The van der Waals surface area contributed by atoms with E-state index in [-0.39, 0.29) is 5.75 Å². The summed E-state index contributed by atoms with van der Waals surface area (Å²) in [4.78, 5) is 10.4. The molecule has 0 spiro atoms. The molecule has 0 aliphatic rings. The number of hydrogen-bond donors (Lipinski definition) is 0. The van der Waals surface area contributed by atoms with E-state index in [1.54, 1.807) is 0 Å². The second-order valence-corrected chi connectivity index (χ2v) is 2.66. The van der Waals surface area contributed by atoms with Crippen LogP contribution < -0.4 is 4.74 Å². The SMILES string of the molecule is CCCOc1cc(C=O)ccc1F. The molecule has 1 aromatic rings. The van der Waals surface area contributed by atoms with Gasteiger partial charge in [0.25, 0.3) is 0 Å². The maximum absolute atomic E-state index is 13.0. The van der Waals surface area contributed by atoms with Gasteiger partial charge in [0.15, 0.2) is 11.6 Å². The second kappa shape index (κ2) is 4.60. The topological polar surface area (TPSA) is 26.3 Å². The van der Waals surface area contributed by atoms with E-state index in [0.29, 0.717) is 18.5 Å². The van der Waals surface area contributed by atoms with Gasteiger partial charge in [-0.15, -0.1) is 0 Å². The van der Waals surface area contributed by atoms with Crippen LogP contribution in [0.15, 0.2) is 18.2 Å². The van der Waals surface area contributed by atoms with Crippen LogP contribution in [0.2, 0.25) is 0 Å². The van der Waals surface area contributed by atoms with Crippen molar-refractivity contribution in [3.05, 3.63) is 29.6 Å². The third-order valence-corrected chi connectivity index (χ3v) is 1.55. The maximum atomic E-state index is 13.0. The van der Waals surface area contributed by atoms with Crippen LogP contribution in [0.3, 0.4) is 0 Å². The highest BCUT2D eigenvalue weighted by molar-refractivity contribution is 5.75. The summed E-state index contributed by atoms with van der Waals surface area (Å²) < 4.78 is 18.1. The van der Waals surface area contributed by atoms with Crippen molar-refractivity contribution in [1.29, 1.82) is 0 Å². The Balaban J connectivity index is 2.83. The zero-order valence-electron chi connectivity index (χ0n) is 7.42. The number of rotatable bonds is 4. The molecule has 0 heterocycles. The molecule has 0 aliphatic heterocycles. The van der Waals surface area contributed by atoms with Gasteiger partial charge in [-0.2, -0.15) is 0 Å². The Bertz CT molecular complexity index is 297. The number of benzene rings is 1. The molecule has 13 heavy (non-hydrogen) atoms. The normalized spacial score (nSPS) is 9.69. The van der Waals surface area contributed by atoms with Gasteiger partial charge < -0.3 is 4.74 Å². The van der Waals surface area contributed by atoms with Gasteiger partial charge in [-0.25, -0.2) is 4.39 Å². The Kier molecular flexibility index (Phi) is 3.43. The van der Waals surface area contributed by atoms with E-state index in [1.165, 1.54) is 18.2 Å². The summed E-state index contributed by atoms with van der Waals surface area (Å²) in [6.07, 6.45) is 1.48. The van der Waals surface area contributed by atoms with E-state index in [2.05, 4.69) is 0 Å². The molecule has 0 radical (unpaired) electrons. The van der Waals surface area contributed by atoms with E-state index in [0.717, 1.165) is 6.42 Å². The number of ether oxygens (including phenoxy) is 1. The molecular weight excluding hydrogens is 171 g/mol. The van der Waals surface area contributed by atoms with Crippen LogP contribution in [0, 0.1) is 5.82 Å². The summed E-state index contributed by atoms with van der Waals surface area (Å²) in [6, 6.07) is 4.05. The quantitative estimate of drug-likeness (QED) is 0.668. The third-order valence-electron chi connectivity index (χ3n) is 1.55. The lowest BCUT2D eigenvalue weighted by molar-refractivity contribution is 0.112. The first kappa shape index (κ1) is 9.71. The van der Waals surface area contributed by atoms with Gasteiger partial charge >= 0.3 is 0 Å². The van der Waals surface area contributed by atoms with Gasteiger partial charge in [0, 0.05) is 5.56 Å². The first-order valence-electron chi connectivity index (χ1n) is 4.15. The average Bonchev–Trinajstić information content (AvgIpc) is 2.17. The minimum absolute atomic E-state index is 0.145. The first-order valence-corrected chi connectivity index (χ1v) is 4.15. The van der Waals surface area contributed by atoms with E-state index in [4.69, 9.17) is 4.74 Å². The molecule has 0 amide bonds. The molecule has 0 atom stereocenters. The van der Waals surface area contributed by atoms with Crippen LogP contribution in [0.4, 0.5) is 4.39 Å². The molecule has 1 aromatic carbocycles. The molecule has 2 nitrogen and oxygen atoms in total. The molecule has 70 valence electrons. The van der Waals surface area contributed by atoms with Crippen molar-refractivity contribution in [3.8, 4) is 5.75 Å². The fraction of sp³-hybridized carbons (Fsp3) is 0.300. The molecule has 1 rings (SSSR count). The molecule has 0 bridgehead atoms. The predicted octanol–water partition coefficient (Wildman–Crippen LogP) is 2.43. The molecule has 0 fully saturated rings. The molecule has 0 unspecified atom stereocenters. The Morgan fingerprint density at radius 3 is 2.92 bits per heavy atom. The summed E-state index contributed by atoms with van der Waals surface area (Å²) in [5.41, 5.74) is 0.424. The van der Waals surface area contributed by atoms with Gasteiger partial charge in [0.05, 0.1) is 6.61 Å². The van der Waals surface area contributed by atoms with Gasteiger partial charge in [-0.3, -0.25) is 4.79 Å². The van der Waals surface area contributed by atoms with Crippen LogP contribution in [-0.4, -0.2) is 12.9 Å². The minimum Gasteiger partial charge on any atom is -0.491 e. The summed E-state index contributed by atoms with van der Waals surface area (Å²) in [5, 5.41) is 0. The molecule has 3 heteroatoms. The zero-order chi connectivity index (χ0) is 9.68. The second-order valence-electron chi connectivity index (χ2n) is 2.66. The maximum Gasteiger partial charge on any atom is 0.165 e. The van der Waals surface area contributed by atoms with E-state index in [9.17, 15) is 9.18 Å². The predicted molar refractivity (Wildman–Crippen MR) is 47.6 cm³/mol. The Morgan fingerprint density at radius 1 is 1.54 bits per heavy atom. The Hall–Kier alpha value is -1.38. The number of carbonyl (C=O) groups excluding carboxylic acids is 1. The fourth-order valence-electron chi connectivity index (χ4n) is 0.916. The molecule has 0 aromatic heterocycles. The van der Waals surface area contributed by atoms with Crippen LogP contribution >= 0.6 is 0 Å². The number of aldehydes is 1. The number of halogens is 1. The highest BCUT2D eigenvalue weighted by Gasteiger charge is 2.03. The van der Waals surface area contributed by atoms with E-state index < -0.39 is 5.82 Å². The highest BCUT2D eigenvalue weighted by atomic mass is 19.1. The van der Waals surface area contributed by atoms with Gasteiger partial charge in [0.1, 0.15) is 6.29 Å². The summed E-state index contributed by atoms with van der Waals surface area (Å²) in [5.74, 6) is -0.287. The lowest BCUT2D eigenvalue weighted by atomic mass is 10.2. The van der Waals surface area contributed by atoms with Crippen molar-refractivity contribution in [2.75, 3.05) is 6.61 Å². The lowest BCUT2D eigenvalue weighted by Gasteiger charge is -2.05. The Morgan fingerprint density at radius 2 is 2.31 bits per heavy atom. The minimum atomic E-state index is -0.431. The van der Waals surface area contributed by atoms with Gasteiger partial charge in [-0.05, 0) is 24.6 Å². The van der Waals surface area contributed by atoms with Crippen molar-refractivity contribution < 1.29 is 13.9 Å². The number of hydrogen-bond acceptors (Lipinski definition) is 2. The average molecular weight is 182 g/mol. The molecule has 0 N–H and O–H groups in total. The van der Waals surface area contributed by atoms with Crippen molar-refractivity contribution >= 4 is 6.29 Å². The van der Waals surface area contributed by atoms with Crippen molar-refractivity contribution in [3.63, 3.8) is 0 Å². The largest absolute Gasteiger partial charge is 0.491 e. The van der Waals surface area contributed by atoms with Crippen LogP contribution in [0.25, 0.3) is 0 Å². The van der Waals surface area contributed by atoms with E-state index in [1.807, 2.05) is 6.92 Å². The highest BCUT2D eigenvalue weighted by Crippen LogP contribution is 2.17.